The number of amides is 1. The van der Waals surface area contributed by atoms with Crippen molar-refractivity contribution in [3.8, 4) is 10.6 Å². The van der Waals surface area contributed by atoms with Crippen LogP contribution >= 0.6 is 11.3 Å². The number of carbonyl (C=O) groups is 1. The Morgan fingerprint density at radius 3 is 3.20 bits per heavy atom. The summed E-state index contributed by atoms with van der Waals surface area (Å²) in [7, 11) is 0. The Balaban J connectivity index is 1.57. The number of hydroxylamine groups is 1. The largest absolute Gasteiger partial charge is 0.350 e. The van der Waals surface area contributed by atoms with E-state index in [0.29, 0.717) is 12.3 Å². The average molecular weight is 294 g/mol. The molecule has 0 aliphatic carbocycles. The lowest BCUT2D eigenvalue weighted by Gasteiger charge is -2.21. The Hall–Kier alpha value is -1.70. The minimum Gasteiger partial charge on any atom is -0.350 e. The Morgan fingerprint density at radius 1 is 1.50 bits per heavy atom. The molecule has 1 atom stereocenters. The van der Waals surface area contributed by atoms with E-state index in [2.05, 4.69) is 10.6 Å². The molecule has 20 heavy (non-hydrogen) atoms. The van der Waals surface area contributed by atoms with Gasteiger partial charge in [-0.3, -0.25) is 4.79 Å². The second-order valence-electron chi connectivity index (χ2n) is 4.40. The van der Waals surface area contributed by atoms with E-state index in [0.717, 1.165) is 24.1 Å². The van der Waals surface area contributed by atoms with Crippen LogP contribution in [0.2, 0.25) is 0 Å². The highest BCUT2D eigenvalue weighted by atomic mass is 32.1. The first-order chi connectivity index (χ1) is 9.83. The molecule has 1 fully saturated rings. The van der Waals surface area contributed by atoms with Crippen molar-refractivity contribution in [1.82, 2.24) is 10.6 Å². The molecule has 0 bridgehead atoms. The molecule has 106 valence electrons. The molecule has 0 radical (unpaired) electrons. The molecular formula is C13H14N2O4S. The highest BCUT2D eigenvalue weighted by Gasteiger charge is 2.19. The molecule has 0 saturated carbocycles. The lowest BCUT2D eigenvalue weighted by atomic mass is 10.2. The average Bonchev–Trinajstić information content (AvgIpc) is 3.16. The predicted molar refractivity (Wildman–Crippen MR) is 72.0 cm³/mol. The molecule has 3 heterocycles. The number of thiophene rings is 1. The van der Waals surface area contributed by atoms with Gasteiger partial charge in [0.2, 0.25) is 5.76 Å². The first kappa shape index (κ1) is 13.3. The zero-order valence-corrected chi connectivity index (χ0v) is 11.5. The van der Waals surface area contributed by atoms with Crippen molar-refractivity contribution in [2.75, 3.05) is 6.61 Å². The number of hydrogen-bond donors (Lipinski definition) is 1. The van der Waals surface area contributed by atoms with Gasteiger partial charge in [-0.1, -0.05) is 11.2 Å². The van der Waals surface area contributed by atoms with Crippen molar-refractivity contribution in [3.63, 3.8) is 0 Å². The molecule has 0 aromatic carbocycles. The van der Waals surface area contributed by atoms with Crippen LogP contribution in [0.3, 0.4) is 0 Å². The number of carbonyl (C=O) groups excluding carboxylic acids is 1. The minimum absolute atomic E-state index is 0.115. The summed E-state index contributed by atoms with van der Waals surface area (Å²) < 4.78 is 10.4. The molecule has 7 heteroatoms. The third-order valence-electron chi connectivity index (χ3n) is 2.93. The van der Waals surface area contributed by atoms with Crippen molar-refractivity contribution >= 4 is 17.2 Å². The number of nitrogens with one attached hydrogen (secondary N) is 1. The van der Waals surface area contributed by atoms with Crippen LogP contribution in [0.15, 0.2) is 28.1 Å². The van der Waals surface area contributed by atoms with Gasteiger partial charge in [0, 0.05) is 19.1 Å². The van der Waals surface area contributed by atoms with Gasteiger partial charge in [-0.2, -0.15) is 0 Å². The van der Waals surface area contributed by atoms with Crippen molar-refractivity contribution in [2.24, 2.45) is 0 Å². The third kappa shape index (κ3) is 3.06. The van der Waals surface area contributed by atoms with Gasteiger partial charge in [-0.05, 0) is 24.3 Å². The van der Waals surface area contributed by atoms with E-state index < -0.39 is 5.91 Å². The first-order valence-electron chi connectivity index (χ1n) is 6.41. The van der Waals surface area contributed by atoms with Crippen molar-refractivity contribution in [1.29, 1.82) is 0 Å². The molecule has 2 aromatic rings. The Kier molecular flexibility index (Phi) is 4.10. The maximum atomic E-state index is 11.8. The number of rotatable bonds is 4. The van der Waals surface area contributed by atoms with Crippen LogP contribution in [0.5, 0.6) is 0 Å². The number of aromatic nitrogens is 1. The number of ether oxygens (including phenoxy) is 1. The zero-order chi connectivity index (χ0) is 13.8. The first-order valence-corrected chi connectivity index (χ1v) is 7.29. The fourth-order valence-corrected chi connectivity index (χ4v) is 2.57. The minimum atomic E-state index is -0.463. The van der Waals surface area contributed by atoms with Gasteiger partial charge < -0.3 is 9.26 Å². The molecule has 1 amide bonds. The van der Waals surface area contributed by atoms with Crippen LogP contribution in [-0.4, -0.2) is 24.0 Å². The summed E-state index contributed by atoms with van der Waals surface area (Å²) >= 11 is 1.53. The number of nitrogens with zero attached hydrogens (tertiary/aromatic N) is 1. The summed E-state index contributed by atoms with van der Waals surface area (Å²) in [5.41, 5.74) is 2.97. The van der Waals surface area contributed by atoms with Gasteiger partial charge in [0.1, 0.15) is 5.69 Å². The number of hydrogen-bond acceptors (Lipinski definition) is 6. The van der Waals surface area contributed by atoms with Gasteiger partial charge in [0.05, 0.1) is 4.88 Å². The second-order valence-corrected chi connectivity index (χ2v) is 5.35. The van der Waals surface area contributed by atoms with Crippen LogP contribution in [-0.2, 0) is 9.57 Å². The van der Waals surface area contributed by atoms with E-state index in [1.165, 1.54) is 11.3 Å². The quantitative estimate of drug-likeness (QED) is 0.877. The fourth-order valence-electron chi connectivity index (χ4n) is 1.90. The molecule has 1 saturated heterocycles. The van der Waals surface area contributed by atoms with Crippen LogP contribution in [0.1, 0.15) is 29.8 Å². The fraction of sp³-hybridized carbons (Fsp3) is 0.385. The summed E-state index contributed by atoms with van der Waals surface area (Å²) in [6.45, 7) is 0.658. The van der Waals surface area contributed by atoms with Gasteiger partial charge in [-0.25, -0.2) is 10.3 Å². The molecule has 6 nitrogen and oxygen atoms in total. The zero-order valence-electron chi connectivity index (χ0n) is 10.7. The normalized spacial score (nSPS) is 18.9. The van der Waals surface area contributed by atoms with Gasteiger partial charge in [-0.15, -0.1) is 11.3 Å². The molecular weight excluding hydrogens is 280 g/mol. The van der Waals surface area contributed by atoms with Crippen molar-refractivity contribution < 1.29 is 18.9 Å². The molecule has 2 aromatic heterocycles. The van der Waals surface area contributed by atoms with Crippen LogP contribution < -0.4 is 5.48 Å². The molecule has 1 unspecified atom stereocenters. The van der Waals surface area contributed by atoms with E-state index in [1.807, 2.05) is 17.5 Å². The van der Waals surface area contributed by atoms with Crippen LogP contribution in [0, 0.1) is 0 Å². The molecule has 1 N–H and O–H groups in total. The predicted octanol–water partition coefficient (Wildman–Crippen LogP) is 2.59. The van der Waals surface area contributed by atoms with E-state index in [1.54, 1.807) is 6.07 Å². The van der Waals surface area contributed by atoms with E-state index in [9.17, 15) is 4.79 Å². The second kappa shape index (κ2) is 6.17. The molecule has 1 aliphatic rings. The van der Waals surface area contributed by atoms with E-state index in [4.69, 9.17) is 14.1 Å². The Bertz CT molecular complexity index is 561. The Labute approximate surface area is 119 Å². The van der Waals surface area contributed by atoms with Gasteiger partial charge >= 0.3 is 5.91 Å². The smallest absolute Gasteiger partial charge is 0.313 e. The summed E-state index contributed by atoms with van der Waals surface area (Å²) in [6, 6.07) is 5.42. The van der Waals surface area contributed by atoms with Crippen LogP contribution in [0.4, 0.5) is 0 Å². The summed E-state index contributed by atoms with van der Waals surface area (Å²) in [5, 5.41) is 5.80. The summed E-state index contributed by atoms with van der Waals surface area (Å²) in [4.78, 5) is 18.0. The van der Waals surface area contributed by atoms with Gasteiger partial charge in [0.15, 0.2) is 6.29 Å². The SMILES string of the molecule is O=C(NOC1CCCCO1)c1cc(-c2cccs2)no1. The third-order valence-corrected chi connectivity index (χ3v) is 3.82. The standard InChI is InChI=1S/C13H14N2O4S/c16-13(15-19-12-5-1-2-6-17-12)10-8-9(14-18-10)11-4-3-7-20-11/h3-4,7-8,12H,1-2,5-6H2,(H,15,16). The molecule has 0 spiro atoms. The van der Waals surface area contributed by atoms with E-state index >= 15 is 0 Å². The van der Waals surface area contributed by atoms with Crippen molar-refractivity contribution in [3.05, 3.63) is 29.3 Å². The molecule has 3 rings (SSSR count). The Morgan fingerprint density at radius 2 is 2.45 bits per heavy atom. The summed E-state index contributed by atoms with van der Waals surface area (Å²) in [5.74, 6) is -0.348. The van der Waals surface area contributed by atoms with Gasteiger partial charge in [0.25, 0.3) is 0 Å². The summed E-state index contributed by atoms with van der Waals surface area (Å²) in [6.07, 6.45) is 2.45. The van der Waals surface area contributed by atoms with Crippen molar-refractivity contribution in [2.45, 2.75) is 25.6 Å². The maximum absolute atomic E-state index is 11.8. The topological polar surface area (TPSA) is 73.6 Å². The maximum Gasteiger partial charge on any atom is 0.313 e. The monoisotopic (exact) mass is 294 g/mol. The lowest BCUT2D eigenvalue weighted by molar-refractivity contribution is -0.187. The van der Waals surface area contributed by atoms with Crippen LogP contribution in [0.25, 0.3) is 10.6 Å². The van der Waals surface area contributed by atoms with E-state index in [-0.39, 0.29) is 12.1 Å². The highest BCUT2D eigenvalue weighted by Crippen LogP contribution is 2.24. The molecule has 1 aliphatic heterocycles. The highest BCUT2D eigenvalue weighted by molar-refractivity contribution is 7.13. The lowest BCUT2D eigenvalue weighted by Crippen LogP contribution is -2.32.